The van der Waals surface area contributed by atoms with Crippen LogP contribution in [0.4, 0.5) is 0 Å². The Morgan fingerprint density at radius 1 is 1.05 bits per heavy atom. The zero-order valence-corrected chi connectivity index (χ0v) is 15.9. The number of aryl methyl sites for hydroxylation is 1. The maximum Gasteiger partial charge on any atom is 0.0277 e. The van der Waals surface area contributed by atoms with Gasteiger partial charge in [-0.25, -0.2) is 0 Å². The molecule has 0 aromatic heterocycles. The minimum atomic E-state index is 0.616. The van der Waals surface area contributed by atoms with Gasteiger partial charge in [0.1, 0.15) is 0 Å². The van der Waals surface area contributed by atoms with E-state index in [9.17, 15) is 0 Å². The van der Waals surface area contributed by atoms with Crippen molar-refractivity contribution >= 4 is 11.8 Å². The quantitative estimate of drug-likeness (QED) is 0.582. The van der Waals surface area contributed by atoms with E-state index in [4.69, 9.17) is 0 Å². The molecule has 0 radical (unpaired) electrons. The van der Waals surface area contributed by atoms with Crippen molar-refractivity contribution in [1.29, 1.82) is 0 Å². The van der Waals surface area contributed by atoms with Gasteiger partial charge in [0, 0.05) is 10.5 Å². The summed E-state index contributed by atoms with van der Waals surface area (Å²) in [5, 5.41) is 1.37. The lowest BCUT2D eigenvalue weighted by Crippen LogP contribution is -2.15. The number of hydrogen-bond acceptors (Lipinski definition) is 1. The van der Waals surface area contributed by atoms with E-state index in [-0.39, 0.29) is 0 Å². The molecule has 0 spiro atoms. The molecule has 1 aliphatic rings. The van der Waals surface area contributed by atoms with E-state index >= 15 is 0 Å². The molecule has 0 nitrogen and oxygen atoms in total. The Kier molecular flexibility index (Phi) is 5.13. The lowest BCUT2D eigenvalue weighted by Gasteiger charge is -2.29. The summed E-state index contributed by atoms with van der Waals surface area (Å²) in [5.41, 5.74) is 7.98. The van der Waals surface area contributed by atoms with Crippen molar-refractivity contribution in [3.63, 3.8) is 0 Å². The fourth-order valence-corrected chi connectivity index (χ4v) is 5.41. The van der Waals surface area contributed by atoms with Gasteiger partial charge in [-0.2, -0.15) is 11.8 Å². The summed E-state index contributed by atoms with van der Waals surface area (Å²) < 4.78 is 0. The largest absolute Gasteiger partial charge is 0.151 e. The number of rotatable bonds is 2. The van der Waals surface area contributed by atoms with Crippen LogP contribution in [0.5, 0.6) is 0 Å². The van der Waals surface area contributed by atoms with Gasteiger partial charge in [-0.3, -0.25) is 0 Å². The molecule has 1 aromatic carbocycles. The van der Waals surface area contributed by atoms with Crippen molar-refractivity contribution in [2.75, 3.05) is 0 Å². The Balaban J connectivity index is 2.77. The molecule has 3 atom stereocenters. The summed E-state index contributed by atoms with van der Waals surface area (Å²) in [6.45, 7) is 19.0. The molecular weight excluding hydrogens is 272 g/mol. The molecule has 1 heteroatoms. The van der Waals surface area contributed by atoms with Gasteiger partial charge in [-0.05, 0) is 72.8 Å². The molecule has 0 amide bonds. The highest BCUT2D eigenvalue weighted by Crippen LogP contribution is 2.50. The average Bonchev–Trinajstić information content (AvgIpc) is 2.50. The van der Waals surface area contributed by atoms with Crippen LogP contribution in [0.25, 0.3) is 0 Å². The Morgan fingerprint density at radius 3 is 2.19 bits per heavy atom. The van der Waals surface area contributed by atoms with Crippen LogP contribution in [-0.4, -0.2) is 5.25 Å². The fourth-order valence-electron chi connectivity index (χ4n) is 3.96. The smallest absolute Gasteiger partial charge is 0.0277 e. The standard InChI is InChI=1S/C20H32S/c1-11(2)17-9-13(5)15(7)19-16(8)21-14(6)10-18(12(3)4)20(17)19/h9,11-12,14,16,18H,10H2,1-8H3/t14-,16+,18?/m1/s1. The number of benzene rings is 1. The van der Waals surface area contributed by atoms with Gasteiger partial charge in [0.25, 0.3) is 0 Å². The molecule has 1 heterocycles. The van der Waals surface area contributed by atoms with Crippen molar-refractivity contribution in [3.8, 4) is 0 Å². The second kappa shape index (κ2) is 6.36. The molecular formula is C20H32S. The first kappa shape index (κ1) is 16.9. The summed E-state index contributed by atoms with van der Waals surface area (Å²) in [5.74, 6) is 2.05. The Morgan fingerprint density at radius 2 is 1.67 bits per heavy atom. The zero-order valence-electron chi connectivity index (χ0n) is 15.1. The fraction of sp³-hybridized carbons (Fsp3) is 0.700. The summed E-state index contributed by atoms with van der Waals surface area (Å²) in [6.07, 6.45) is 1.32. The molecule has 0 aliphatic carbocycles. The molecule has 0 bridgehead atoms. The number of fused-ring (bicyclic) bond motifs is 1. The van der Waals surface area contributed by atoms with E-state index in [2.05, 4.69) is 73.2 Å². The van der Waals surface area contributed by atoms with Crippen LogP contribution in [-0.2, 0) is 0 Å². The van der Waals surface area contributed by atoms with E-state index in [1.807, 2.05) is 0 Å². The third-order valence-electron chi connectivity index (χ3n) is 5.20. The molecule has 0 saturated heterocycles. The van der Waals surface area contributed by atoms with Crippen LogP contribution in [0.1, 0.15) is 92.9 Å². The maximum atomic E-state index is 2.47. The second-order valence-corrected chi connectivity index (χ2v) is 9.35. The SMILES string of the molecule is Cc1cc(C(C)C)c2c(c1C)[C@H](C)S[C@H](C)CC2C(C)C. The van der Waals surface area contributed by atoms with E-state index < -0.39 is 0 Å². The predicted octanol–water partition coefficient (Wildman–Crippen LogP) is 6.75. The molecule has 118 valence electrons. The van der Waals surface area contributed by atoms with Crippen molar-refractivity contribution < 1.29 is 0 Å². The zero-order chi connectivity index (χ0) is 15.9. The number of hydrogen-bond donors (Lipinski definition) is 0. The molecule has 2 rings (SSSR count). The van der Waals surface area contributed by atoms with Crippen molar-refractivity contribution in [1.82, 2.24) is 0 Å². The highest BCUT2D eigenvalue weighted by Gasteiger charge is 2.32. The molecule has 1 aromatic rings. The van der Waals surface area contributed by atoms with Gasteiger partial charge < -0.3 is 0 Å². The van der Waals surface area contributed by atoms with Crippen LogP contribution >= 0.6 is 11.8 Å². The molecule has 0 fully saturated rings. The van der Waals surface area contributed by atoms with E-state index in [0.29, 0.717) is 17.1 Å². The normalized spacial score (nSPS) is 26.1. The predicted molar refractivity (Wildman–Crippen MR) is 97.7 cm³/mol. The van der Waals surface area contributed by atoms with Crippen molar-refractivity contribution in [3.05, 3.63) is 33.9 Å². The molecule has 1 aliphatic heterocycles. The molecule has 1 unspecified atom stereocenters. The minimum Gasteiger partial charge on any atom is -0.151 e. The van der Waals surface area contributed by atoms with Gasteiger partial charge in [0.05, 0.1) is 0 Å². The minimum absolute atomic E-state index is 0.616. The molecule has 0 saturated carbocycles. The van der Waals surface area contributed by atoms with E-state index in [1.165, 1.54) is 17.5 Å². The lowest BCUT2D eigenvalue weighted by molar-refractivity contribution is 0.463. The topological polar surface area (TPSA) is 0 Å². The highest BCUT2D eigenvalue weighted by molar-refractivity contribution is 8.00. The Bertz CT molecular complexity index is 513. The maximum absolute atomic E-state index is 2.47. The molecule has 0 N–H and O–H groups in total. The van der Waals surface area contributed by atoms with E-state index in [0.717, 1.165) is 11.2 Å². The highest BCUT2D eigenvalue weighted by atomic mass is 32.2. The van der Waals surface area contributed by atoms with Crippen molar-refractivity contribution in [2.45, 2.75) is 84.1 Å². The summed E-state index contributed by atoms with van der Waals surface area (Å²) in [6, 6.07) is 2.47. The van der Waals surface area contributed by atoms with Gasteiger partial charge in [-0.15, -0.1) is 0 Å². The summed E-state index contributed by atoms with van der Waals surface area (Å²) in [7, 11) is 0. The first-order valence-corrected chi connectivity index (χ1v) is 9.47. The van der Waals surface area contributed by atoms with Gasteiger partial charge in [0.2, 0.25) is 0 Å². The summed E-state index contributed by atoms with van der Waals surface area (Å²) >= 11 is 2.17. The third kappa shape index (κ3) is 3.18. The Labute approximate surface area is 136 Å². The Hall–Kier alpha value is -0.430. The third-order valence-corrected chi connectivity index (χ3v) is 6.50. The van der Waals surface area contributed by atoms with Crippen molar-refractivity contribution in [2.24, 2.45) is 5.92 Å². The first-order valence-electron chi connectivity index (χ1n) is 8.53. The number of thioether (sulfide) groups is 1. The van der Waals surface area contributed by atoms with Gasteiger partial charge >= 0.3 is 0 Å². The average molecular weight is 305 g/mol. The van der Waals surface area contributed by atoms with Gasteiger partial charge in [-0.1, -0.05) is 40.7 Å². The second-order valence-electron chi connectivity index (χ2n) is 7.56. The molecule has 21 heavy (non-hydrogen) atoms. The first-order chi connectivity index (χ1) is 9.73. The van der Waals surface area contributed by atoms with Crippen LogP contribution in [0.15, 0.2) is 6.07 Å². The van der Waals surface area contributed by atoms with Crippen LogP contribution in [0.3, 0.4) is 0 Å². The monoisotopic (exact) mass is 304 g/mol. The van der Waals surface area contributed by atoms with Gasteiger partial charge in [0.15, 0.2) is 0 Å². The van der Waals surface area contributed by atoms with E-state index in [1.54, 1.807) is 16.7 Å². The summed E-state index contributed by atoms with van der Waals surface area (Å²) in [4.78, 5) is 0. The van der Waals surface area contributed by atoms with Crippen LogP contribution < -0.4 is 0 Å². The van der Waals surface area contributed by atoms with Crippen LogP contribution in [0, 0.1) is 19.8 Å². The van der Waals surface area contributed by atoms with Crippen LogP contribution in [0.2, 0.25) is 0 Å². The lowest BCUT2D eigenvalue weighted by atomic mass is 9.75.